The van der Waals surface area contributed by atoms with Crippen molar-refractivity contribution < 1.29 is 9.16 Å². The van der Waals surface area contributed by atoms with E-state index in [0.717, 1.165) is 5.95 Å². The van der Waals surface area contributed by atoms with Crippen LogP contribution >= 0.6 is 0 Å². The predicted molar refractivity (Wildman–Crippen MR) is 86.7 cm³/mol. The lowest BCUT2D eigenvalue weighted by molar-refractivity contribution is 0.102. The number of rotatable bonds is 8. The molecule has 0 saturated heterocycles. The Hall–Kier alpha value is -0.443. The van der Waals surface area contributed by atoms with Gasteiger partial charge in [-0.25, -0.2) is 0 Å². The maximum atomic E-state index is 6.55. The summed E-state index contributed by atoms with van der Waals surface area (Å²) in [5.41, 5.74) is 1.72. The second-order valence-electron chi connectivity index (χ2n) is 6.58. The van der Waals surface area contributed by atoms with Crippen LogP contribution in [-0.2, 0) is 9.16 Å². The van der Waals surface area contributed by atoms with E-state index in [2.05, 4.69) is 61.5 Å². The highest BCUT2D eigenvalue weighted by Gasteiger charge is 2.47. The zero-order valence-electron chi connectivity index (χ0n) is 14.4. The molecule has 0 fully saturated rings. The lowest BCUT2D eigenvalue weighted by Gasteiger charge is -2.42. The van der Waals surface area contributed by atoms with Gasteiger partial charge >= 0.3 is 0 Å². The van der Waals surface area contributed by atoms with E-state index in [4.69, 9.17) is 9.16 Å². The monoisotopic (exact) mass is 286 g/mol. The molecule has 0 aromatic carbocycles. The molecule has 0 aromatic rings. The van der Waals surface area contributed by atoms with E-state index in [1.54, 1.807) is 0 Å². The summed E-state index contributed by atoms with van der Waals surface area (Å²) in [6.07, 6.45) is 2.11. The smallest absolute Gasteiger partial charge is 0.262 e. The molecule has 0 aliphatic carbocycles. The fraction of sp³-hybridized carbons (Fsp3) is 0.875. The Bertz CT molecular complexity index is 259. The second kappa shape index (κ2) is 7.98. The first-order chi connectivity index (χ1) is 8.68. The largest absolute Gasteiger partial charge is 0.518 e. The molecule has 0 aromatic heterocycles. The standard InChI is InChI=1S/C16H34O2Si/c1-10-17-16(11-12(2)3)18-19(13(4)5,14(6)7)15(8)9/h11-15H,10H2,1-9H3/b16-11-. The fourth-order valence-corrected chi connectivity index (χ4v) is 8.24. The summed E-state index contributed by atoms with van der Waals surface area (Å²) in [4.78, 5) is 0. The predicted octanol–water partition coefficient (Wildman–Crippen LogP) is 5.71. The Balaban J connectivity index is 5.39. The third kappa shape index (κ3) is 4.86. The minimum atomic E-state index is -1.89. The van der Waals surface area contributed by atoms with Crippen LogP contribution in [0.4, 0.5) is 0 Å². The first kappa shape index (κ1) is 18.6. The summed E-state index contributed by atoms with van der Waals surface area (Å²) >= 11 is 0. The van der Waals surface area contributed by atoms with Gasteiger partial charge in [-0.15, -0.1) is 0 Å². The molecule has 0 aliphatic heterocycles. The van der Waals surface area contributed by atoms with Crippen LogP contribution in [0.3, 0.4) is 0 Å². The summed E-state index contributed by atoms with van der Waals surface area (Å²) in [7, 11) is -1.89. The van der Waals surface area contributed by atoms with Crippen molar-refractivity contribution in [3.63, 3.8) is 0 Å². The van der Waals surface area contributed by atoms with Crippen molar-refractivity contribution in [2.24, 2.45) is 5.92 Å². The molecule has 0 unspecified atom stereocenters. The highest BCUT2D eigenvalue weighted by molar-refractivity contribution is 6.77. The van der Waals surface area contributed by atoms with Crippen molar-refractivity contribution in [3.05, 3.63) is 12.0 Å². The Kier molecular flexibility index (Phi) is 7.79. The zero-order chi connectivity index (χ0) is 15.2. The van der Waals surface area contributed by atoms with Crippen molar-refractivity contribution >= 4 is 8.32 Å². The van der Waals surface area contributed by atoms with E-state index in [1.165, 1.54) is 0 Å². The van der Waals surface area contributed by atoms with Gasteiger partial charge in [-0.3, -0.25) is 0 Å². The summed E-state index contributed by atoms with van der Waals surface area (Å²) in [5, 5.41) is 0. The number of allylic oxidation sites excluding steroid dienone is 1. The van der Waals surface area contributed by atoms with Crippen LogP contribution in [0.2, 0.25) is 16.6 Å². The maximum absolute atomic E-state index is 6.55. The van der Waals surface area contributed by atoms with Gasteiger partial charge in [0.2, 0.25) is 0 Å². The molecule has 0 spiro atoms. The molecule has 0 atom stereocenters. The lowest BCUT2D eigenvalue weighted by Crippen LogP contribution is -2.47. The van der Waals surface area contributed by atoms with Crippen molar-refractivity contribution in [2.45, 2.75) is 78.9 Å². The van der Waals surface area contributed by atoms with Crippen LogP contribution in [0.15, 0.2) is 12.0 Å². The normalized spacial score (nSPS) is 13.8. The SMILES string of the molecule is CCO/C(=C/C(C)C)O[Si](C(C)C)(C(C)C)C(C)C. The van der Waals surface area contributed by atoms with Gasteiger partial charge in [0.1, 0.15) is 0 Å². The molecule has 3 heteroatoms. The van der Waals surface area contributed by atoms with Gasteiger partial charge in [0.25, 0.3) is 14.3 Å². The van der Waals surface area contributed by atoms with E-state index in [-0.39, 0.29) is 0 Å². The molecule has 0 aliphatic rings. The topological polar surface area (TPSA) is 18.5 Å². The van der Waals surface area contributed by atoms with E-state index < -0.39 is 8.32 Å². The number of hydrogen-bond donors (Lipinski definition) is 0. The van der Waals surface area contributed by atoms with Gasteiger partial charge in [-0.1, -0.05) is 55.4 Å². The van der Waals surface area contributed by atoms with Crippen LogP contribution in [0.1, 0.15) is 62.3 Å². The lowest BCUT2D eigenvalue weighted by atomic mass is 10.2. The van der Waals surface area contributed by atoms with E-state index in [0.29, 0.717) is 29.1 Å². The molecule has 0 amide bonds. The van der Waals surface area contributed by atoms with Crippen molar-refractivity contribution in [2.75, 3.05) is 6.61 Å². The van der Waals surface area contributed by atoms with Crippen LogP contribution < -0.4 is 0 Å². The summed E-state index contributed by atoms with van der Waals surface area (Å²) in [6.45, 7) is 20.8. The highest BCUT2D eigenvalue weighted by Crippen LogP contribution is 2.43. The molecule has 0 bridgehead atoms. The molecular weight excluding hydrogens is 252 g/mol. The van der Waals surface area contributed by atoms with Gasteiger partial charge in [-0.2, -0.15) is 0 Å². The molecule has 19 heavy (non-hydrogen) atoms. The number of ether oxygens (including phenoxy) is 1. The van der Waals surface area contributed by atoms with Gasteiger partial charge in [-0.05, 0) is 35.5 Å². The minimum Gasteiger partial charge on any atom is -0.518 e. The third-order valence-corrected chi connectivity index (χ3v) is 9.71. The maximum Gasteiger partial charge on any atom is 0.262 e. The quantitative estimate of drug-likeness (QED) is 0.420. The average Bonchev–Trinajstić information content (AvgIpc) is 2.23. The van der Waals surface area contributed by atoms with Gasteiger partial charge < -0.3 is 9.16 Å². The molecule has 0 rings (SSSR count). The van der Waals surface area contributed by atoms with Crippen LogP contribution in [0.25, 0.3) is 0 Å². The molecule has 2 nitrogen and oxygen atoms in total. The zero-order valence-corrected chi connectivity index (χ0v) is 15.4. The van der Waals surface area contributed by atoms with Gasteiger partial charge in [0.05, 0.1) is 6.61 Å². The molecule has 0 saturated carbocycles. The molecule has 0 heterocycles. The van der Waals surface area contributed by atoms with E-state index >= 15 is 0 Å². The second-order valence-corrected chi connectivity index (χ2v) is 12.0. The minimum absolute atomic E-state index is 0.444. The van der Waals surface area contributed by atoms with Gasteiger partial charge in [0, 0.05) is 0 Å². The average molecular weight is 287 g/mol. The summed E-state index contributed by atoms with van der Waals surface area (Å²) in [6, 6.07) is 0. The number of hydrogen-bond acceptors (Lipinski definition) is 2. The van der Waals surface area contributed by atoms with Crippen molar-refractivity contribution in [3.8, 4) is 0 Å². The van der Waals surface area contributed by atoms with Crippen LogP contribution in [0.5, 0.6) is 0 Å². The van der Waals surface area contributed by atoms with Crippen LogP contribution in [-0.4, -0.2) is 14.9 Å². The Morgan fingerprint density at radius 2 is 1.32 bits per heavy atom. The highest BCUT2D eigenvalue weighted by atomic mass is 28.4. The van der Waals surface area contributed by atoms with Gasteiger partial charge in [0.15, 0.2) is 0 Å². The fourth-order valence-electron chi connectivity index (χ4n) is 3.05. The third-order valence-electron chi connectivity index (χ3n) is 3.74. The summed E-state index contributed by atoms with van der Waals surface area (Å²) in [5.74, 6) is 1.19. The molecule has 0 N–H and O–H groups in total. The molecule has 0 radical (unpaired) electrons. The summed E-state index contributed by atoms with van der Waals surface area (Å²) < 4.78 is 12.3. The molecule has 114 valence electrons. The van der Waals surface area contributed by atoms with E-state index in [9.17, 15) is 0 Å². The Labute approximate surface area is 121 Å². The first-order valence-corrected chi connectivity index (χ1v) is 9.86. The van der Waals surface area contributed by atoms with E-state index in [1.807, 2.05) is 6.92 Å². The Morgan fingerprint density at radius 1 is 0.895 bits per heavy atom. The van der Waals surface area contributed by atoms with Crippen molar-refractivity contribution in [1.29, 1.82) is 0 Å². The van der Waals surface area contributed by atoms with Crippen molar-refractivity contribution in [1.82, 2.24) is 0 Å². The first-order valence-electron chi connectivity index (χ1n) is 7.71. The van der Waals surface area contributed by atoms with Crippen LogP contribution in [0, 0.1) is 5.92 Å². The Morgan fingerprint density at radius 3 is 1.58 bits per heavy atom. The molecular formula is C16H34O2Si.